The number of allylic oxidation sites excluding steroid dienone is 1. The molecule has 3 heterocycles. The Bertz CT molecular complexity index is 1180. The molecule has 0 spiro atoms. The fraction of sp³-hybridized carbons (Fsp3) is 0.417. The number of fused-ring (bicyclic) bond motifs is 1. The first-order valence-electron chi connectivity index (χ1n) is 11.0. The Morgan fingerprint density at radius 2 is 2.00 bits per heavy atom. The number of hydrogen-bond acceptors (Lipinski definition) is 9. The lowest BCUT2D eigenvalue weighted by Gasteiger charge is -2.29. The minimum Gasteiger partial charge on any atom is -0.404 e. The van der Waals surface area contributed by atoms with E-state index in [-0.39, 0.29) is 6.54 Å². The molecule has 4 rings (SSSR count). The number of morpholine rings is 1. The zero-order valence-electron chi connectivity index (χ0n) is 19.5. The van der Waals surface area contributed by atoms with Crippen LogP contribution in [0.4, 0.5) is 5.82 Å². The highest BCUT2D eigenvalue weighted by Gasteiger charge is 2.20. The summed E-state index contributed by atoms with van der Waals surface area (Å²) < 4.78 is 10.9. The zero-order chi connectivity index (χ0) is 23.6. The van der Waals surface area contributed by atoms with Crippen molar-refractivity contribution >= 4 is 28.5 Å². The maximum atomic E-state index is 9.95. The minimum atomic E-state index is -0.909. The number of anilines is 1. The zero-order valence-corrected chi connectivity index (χ0v) is 19.5. The van der Waals surface area contributed by atoms with Gasteiger partial charge >= 0.3 is 0 Å². The van der Waals surface area contributed by atoms with Gasteiger partial charge in [0.25, 0.3) is 0 Å². The molecule has 1 aromatic carbocycles. The molecule has 9 nitrogen and oxygen atoms in total. The maximum Gasteiger partial charge on any atom is 0.165 e. The average Bonchev–Trinajstić information content (AvgIpc) is 3.13. The minimum absolute atomic E-state index is 0.245. The average molecular weight is 451 g/mol. The Morgan fingerprint density at radius 3 is 2.64 bits per heavy atom. The summed E-state index contributed by atoms with van der Waals surface area (Å²) >= 11 is 0. The number of benzene rings is 1. The summed E-state index contributed by atoms with van der Waals surface area (Å²) in [6, 6.07) is 6.08. The van der Waals surface area contributed by atoms with Gasteiger partial charge in [0.15, 0.2) is 5.82 Å². The number of aromatic nitrogens is 3. The van der Waals surface area contributed by atoms with Gasteiger partial charge < -0.3 is 25.0 Å². The lowest BCUT2D eigenvalue weighted by atomic mass is 10.0. The molecule has 0 atom stereocenters. The molecule has 1 aliphatic rings. The number of nitrogens with two attached hydrogens (primary N) is 1. The molecule has 2 aromatic heterocycles. The Balaban J connectivity index is 1.83. The van der Waals surface area contributed by atoms with Crippen molar-refractivity contribution in [3.63, 3.8) is 0 Å². The predicted molar refractivity (Wildman–Crippen MR) is 129 cm³/mol. The van der Waals surface area contributed by atoms with Crippen molar-refractivity contribution in [1.82, 2.24) is 15.1 Å². The summed E-state index contributed by atoms with van der Waals surface area (Å²) in [5.41, 5.74) is 9.21. The van der Waals surface area contributed by atoms with Crippen LogP contribution < -0.4 is 10.6 Å². The van der Waals surface area contributed by atoms with E-state index in [1.807, 2.05) is 26.0 Å². The number of aliphatic imine (C=N–C) groups is 1. The van der Waals surface area contributed by atoms with E-state index < -0.39 is 5.60 Å². The van der Waals surface area contributed by atoms with Crippen LogP contribution in [-0.4, -0.2) is 64.9 Å². The topological polar surface area (TPSA) is 123 Å². The predicted octanol–water partition coefficient (Wildman–Crippen LogP) is 2.88. The number of hydrogen-bond donors (Lipinski definition) is 2. The largest absolute Gasteiger partial charge is 0.404 e. The molecule has 1 saturated heterocycles. The first kappa shape index (κ1) is 22.9. The van der Waals surface area contributed by atoms with Crippen molar-refractivity contribution in [2.24, 2.45) is 10.7 Å². The van der Waals surface area contributed by atoms with Crippen molar-refractivity contribution in [3.8, 4) is 11.1 Å². The van der Waals surface area contributed by atoms with E-state index in [1.54, 1.807) is 20.1 Å². The fourth-order valence-corrected chi connectivity index (χ4v) is 3.85. The molecular weight excluding hydrogens is 420 g/mol. The summed E-state index contributed by atoms with van der Waals surface area (Å²) in [6.07, 6.45) is 3.05. The molecule has 0 aliphatic carbocycles. The monoisotopic (exact) mass is 450 g/mol. The fourth-order valence-electron chi connectivity index (χ4n) is 3.85. The number of nitrogens with zero attached hydrogens (tertiary/aromatic N) is 5. The summed E-state index contributed by atoms with van der Waals surface area (Å²) in [4.78, 5) is 16.2. The summed E-state index contributed by atoms with van der Waals surface area (Å²) in [5.74, 6) is 2.08. The smallest absolute Gasteiger partial charge is 0.165 e. The molecule has 33 heavy (non-hydrogen) atoms. The van der Waals surface area contributed by atoms with Gasteiger partial charge in [-0.25, -0.2) is 9.97 Å². The van der Waals surface area contributed by atoms with E-state index in [4.69, 9.17) is 25.0 Å². The molecule has 1 aliphatic heterocycles. The Labute approximate surface area is 193 Å². The molecular formula is C24H30N6O3. The molecule has 174 valence electrons. The lowest BCUT2D eigenvalue weighted by molar-refractivity contribution is 0.0906. The van der Waals surface area contributed by atoms with Crippen LogP contribution in [-0.2, 0) is 4.74 Å². The van der Waals surface area contributed by atoms with E-state index in [0.717, 1.165) is 52.4 Å². The SMILES string of the molecule is Cc1noc(C)c1-c1ccc2nc(C(C=NCC(C)(C)O)=CN)nc(N3CCOCC3)c2c1. The molecule has 3 N–H and O–H groups in total. The van der Waals surface area contributed by atoms with Crippen LogP contribution in [0.15, 0.2) is 33.9 Å². The highest BCUT2D eigenvalue weighted by atomic mass is 16.5. The van der Waals surface area contributed by atoms with Gasteiger partial charge in [-0.3, -0.25) is 4.99 Å². The molecule has 0 unspecified atom stereocenters. The van der Waals surface area contributed by atoms with E-state index in [9.17, 15) is 5.11 Å². The summed E-state index contributed by atoms with van der Waals surface area (Å²) in [5, 5.41) is 15.0. The highest BCUT2D eigenvalue weighted by molar-refractivity contribution is 6.09. The van der Waals surface area contributed by atoms with Crippen LogP contribution in [0.25, 0.3) is 27.6 Å². The van der Waals surface area contributed by atoms with Crippen LogP contribution >= 0.6 is 0 Å². The van der Waals surface area contributed by atoms with Gasteiger partial charge in [-0.05, 0) is 45.4 Å². The van der Waals surface area contributed by atoms with E-state index in [2.05, 4.69) is 21.1 Å². The molecule has 1 fully saturated rings. The second-order valence-corrected chi connectivity index (χ2v) is 8.81. The van der Waals surface area contributed by atoms with Crippen molar-refractivity contribution in [2.75, 3.05) is 37.7 Å². The molecule has 0 radical (unpaired) electrons. The van der Waals surface area contributed by atoms with Crippen molar-refractivity contribution in [1.29, 1.82) is 0 Å². The van der Waals surface area contributed by atoms with E-state index in [1.165, 1.54) is 6.20 Å². The molecule has 3 aromatic rings. The van der Waals surface area contributed by atoms with E-state index >= 15 is 0 Å². The Kier molecular flexibility index (Phi) is 6.44. The second kappa shape index (κ2) is 9.29. The van der Waals surface area contributed by atoms with Crippen LogP contribution in [0.5, 0.6) is 0 Å². The van der Waals surface area contributed by atoms with Gasteiger partial charge in [0.05, 0.1) is 42.1 Å². The molecule has 0 bridgehead atoms. The number of rotatable bonds is 6. The molecule has 0 saturated carbocycles. The van der Waals surface area contributed by atoms with Gasteiger partial charge in [0.1, 0.15) is 11.6 Å². The van der Waals surface area contributed by atoms with Crippen molar-refractivity contribution < 1.29 is 14.4 Å². The third kappa shape index (κ3) is 5.04. The number of aliphatic hydroxyl groups is 1. The highest BCUT2D eigenvalue weighted by Crippen LogP contribution is 2.33. The van der Waals surface area contributed by atoms with Crippen LogP contribution in [0.3, 0.4) is 0 Å². The Morgan fingerprint density at radius 1 is 1.24 bits per heavy atom. The van der Waals surface area contributed by atoms with Crippen molar-refractivity contribution in [3.05, 3.63) is 41.7 Å². The lowest BCUT2D eigenvalue weighted by Crippen LogP contribution is -2.37. The molecule has 0 amide bonds. The summed E-state index contributed by atoms with van der Waals surface area (Å²) in [6.45, 7) is 10.2. The standard InChI is InChI=1S/C24H30N6O3/c1-15-21(16(2)33-29-15)17-5-6-20-19(11-17)23(30-7-9-32-10-8-30)28-22(27-20)18(12-25)13-26-14-24(3,4)31/h5-6,11-13,31H,7-10,14,25H2,1-4H3. The summed E-state index contributed by atoms with van der Waals surface area (Å²) in [7, 11) is 0. The first-order chi connectivity index (χ1) is 15.8. The maximum absolute atomic E-state index is 9.95. The number of ether oxygens (including phenoxy) is 1. The van der Waals surface area contributed by atoms with Gasteiger partial charge in [-0.15, -0.1) is 0 Å². The Hall–Kier alpha value is -3.30. The first-order valence-corrected chi connectivity index (χ1v) is 11.0. The number of aryl methyl sites for hydroxylation is 2. The van der Waals surface area contributed by atoms with Crippen LogP contribution in [0.1, 0.15) is 31.1 Å². The van der Waals surface area contributed by atoms with Gasteiger partial charge in [-0.1, -0.05) is 11.2 Å². The molecule has 9 heteroatoms. The van der Waals surface area contributed by atoms with Crippen molar-refractivity contribution in [2.45, 2.75) is 33.3 Å². The quantitative estimate of drug-likeness (QED) is 0.550. The van der Waals surface area contributed by atoms with E-state index in [0.29, 0.717) is 24.6 Å². The second-order valence-electron chi connectivity index (χ2n) is 8.81. The van der Waals surface area contributed by atoms with Gasteiger partial charge in [0.2, 0.25) is 0 Å². The van der Waals surface area contributed by atoms with Crippen LogP contribution in [0.2, 0.25) is 0 Å². The third-order valence-corrected chi connectivity index (χ3v) is 5.45. The van der Waals surface area contributed by atoms with Gasteiger partial charge in [-0.2, -0.15) is 0 Å². The normalized spacial score (nSPS) is 15.7. The van der Waals surface area contributed by atoms with Gasteiger partial charge in [0, 0.05) is 36.5 Å². The van der Waals surface area contributed by atoms with Crippen LogP contribution in [0, 0.1) is 13.8 Å². The third-order valence-electron chi connectivity index (χ3n) is 5.45.